The Hall–Kier alpha value is -1.56. The summed E-state index contributed by atoms with van der Waals surface area (Å²) in [4.78, 5) is 12.8. The Morgan fingerprint density at radius 1 is 1.17 bits per heavy atom. The minimum Gasteiger partial charge on any atom is -0.487 e. The van der Waals surface area contributed by atoms with Crippen LogP contribution in [0.2, 0.25) is 0 Å². The lowest BCUT2D eigenvalue weighted by atomic mass is 9.83. The molecule has 0 aromatic heterocycles. The van der Waals surface area contributed by atoms with Crippen LogP contribution in [0.15, 0.2) is 48.5 Å². The van der Waals surface area contributed by atoms with Gasteiger partial charge in [0.1, 0.15) is 11.4 Å². The minimum absolute atomic E-state index is 0.0252. The first kappa shape index (κ1) is 17.3. The van der Waals surface area contributed by atoms with Gasteiger partial charge in [-0.2, -0.15) is 0 Å². The van der Waals surface area contributed by atoms with E-state index < -0.39 is 0 Å². The van der Waals surface area contributed by atoms with Gasteiger partial charge < -0.3 is 10.1 Å². The zero-order valence-corrected chi connectivity index (χ0v) is 16.2. The predicted octanol–water partition coefficient (Wildman–Crippen LogP) is 5.10. The van der Waals surface area contributed by atoms with Crippen LogP contribution >= 0.6 is 22.6 Å². The van der Waals surface area contributed by atoms with Crippen LogP contribution in [0.5, 0.6) is 5.75 Å². The molecule has 0 unspecified atom stereocenters. The zero-order valence-electron chi connectivity index (χ0n) is 14.0. The van der Waals surface area contributed by atoms with Gasteiger partial charge in [0.25, 0.3) is 5.91 Å². The van der Waals surface area contributed by atoms with Gasteiger partial charge in [-0.05, 0) is 53.6 Å². The molecular formula is C20H22INO2. The van der Waals surface area contributed by atoms with Gasteiger partial charge in [-0.25, -0.2) is 0 Å². The maximum atomic E-state index is 12.8. The van der Waals surface area contributed by atoms with Crippen molar-refractivity contribution in [3.05, 3.63) is 63.2 Å². The van der Waals surface area contributed by atoms with Gasteiger partial charge in [-0.1, -0.05) is 44.2 Å². The van der Waals surface area contributed by atoms with E-state index in [1.807, 2.05) is 48.5 Å². The summed E-state index contributed by atoms with van der Waals surface area (Å²) in [5, 5.41) is 3.23. The first-order valence-electron chi connectivity index (χ1n) is 8.42. The maximum absolute atomic E-state index is 12.8. The van der Waals surface area contributed by atoms with Crippen molar-refractivity contribution >= 4 is 28.5 Å². The van der Waals surface area contributed by atoms with Crippen LogP contribution in [0, 0.1) is 3.57 Å². The molecule has 1 aliphatic heterocycles. The van der Waals surface area contributed by atoms with E-state index >= 15 is 0 Å². The number of carbonyl (C=O) groups is 1. The van der Waals surface area contributed by atoms with Crippen molar-refractivity contribution in [2.75, 3.05) is 0 Å². The molecule has 4 heteroatoms. The number of hydrogen-bond donors (Lipinski definition) is 1. The van der Waals surface area contributed by atoms with Crippen molar-refractivity contribution in [1.29, 1.82) is 0 Å². The lowest BCUT2D eigenvalue weighted by molar-refractivity contribution is 0.0227. The molecule has 1 aliphatic rings. The number of carbonyl (C=O) groups excluding carboxylic acids is 1. The molecule has 0 fully saturated rings. The smallest absolute Gasteiger partial charge is 0.252 e. The van der Waals surface area contributed by atoms with Gasteiger partial charge in [0.2, 0.25) is 0 Å². The molecule has 0 saturated carbocycles. The van der Waals surface area contributed by atoms with Crippen LogP contribution in [0.25, 0.3) is 0 Å². The topological polar surface area (TPSA) is 38.3 Å². The molecule has 1 amide bonds. The molecule has 24 heavy (non-hydrogen) atoms. The fourth-order valence-electron chi connectivity index (χ4n) is 3.31. The number of nitrogens with one attached hydrogen (secondary N) is 1. The second-order valence-electron chi connectivity index (χ2n) is 6.24. The summed E-state index contributed by atoms with van der Waals surface area (Å²) in [6, 6.07) is 15.7. The lowest BCUT2D eigenvalue weighted by Gasteiger charge is -2.41. The van der Waals surface area contributed by atoms with Gasteiger partial charge in [0.15, 0.2) is 0 Å². The fourth-order valence-corrected chi connectivity index (χ4v) is 3.94. The summed E-state index contributed by atoms with van der Waals surface area (Å²) in [6.07, 6.45) is 2.65. The number of rotatable bonds is 4. The van der Waals surface area contributed by atoms with E-state index in [1.165, 1.54) is 0 Å². The number of halogens is 1. The second kappa shape index (κ2) is 7.13. The average molecular weight is 435 g/mol. The van der Waals surface area contributed by atoms with E-state index in [0.717, 1.165) is 39.7 Å². The van der Waals surface area contributed by atoms with Crippen molar-refractivity contribution in [3.63, 3.8) is 0 Å². The molecule has 1 N–H and O–H groups in total. The standard InChI is InChI=1S/C20H22INO2/c1-3-20(4-2)13-17(15-10-6-8-12-18(15)24-20)22-19(23)14-9-5-7-11-16(14)21/h5-12,17H,3-4,13H2,1-2H3,(H,22,23)/t17-/m1/s1. The summed E-state index contributed by atoms with van der Waals surface area (Å²) in [6.45, 7) is 4.30. The Morgan fingerprint density at radius 2 is 1.83 bits per heavy atom. The van der Waals surface area contributed by atoms with Crippen molar-refractivity contribution in [1.82, 2.24) is 5.32 Å². The highest BCUT2D eigenvalue weighted by Gasteiger charge is 2.39. The first-order valence-corrected chi connectivity index (χ1v) is 9.50. The number of ether oxygens (including phenoxy) is 1. The Labute approximate surface area is 156 Å². The molecule has 0 saturated heterocycles. The molecular weight excluding hydrogens is 413 g/mol. The molecule has 126 valence electrons. The maximum Gasteiger partial charge on any atom is 0.252 e. The molecule has 1 atom stereocenters. The van der Waals surface area contributed by atoms with Gasteiger partial charge in [0, 0.05) is 15.6 Å². The summed E-state index contributed by atoms with van der Waals surface area (Å²) in [7, 11) is 0. The summed E-state index contributed by atoms with van der Waals surface area (Å²) in [5.74, 6) is 0.864. The number of para-hydroxylation sites is 1. The van der Waals surface area contributed by atoms with Crippen LogP contribution in [0.4, 0.5) is 0 Å². The molecule has 2 aromatic carbocycles. The van der Waals surface area contributed by atoms with Crippen LogP contribution in [0.1, 0.15) is 55.1 Å². The van der Waals surface area contributed by atoms with Gasteiger partial charge in [-0.15, -0.1) is 0 Å². The average Bonchev–Trinajstić information content (AvgIpc) is 2.61. The zero-order chi connectivity index (χ0) is 17.2. The Bertz CT molecular complexity index is 740. The first-order chi connectivity index (χ1) is 11.6. The molecule has 0 radical (unpaired) electrons. The van der Waals surface area contributed by atoms with Gasteiger partial charge >= 0.3 is 0 Å². The molecule has 3 nitrogen and oxygen atoms in total. The van der Waals surface area contributed by atoms with Crippen LogP contribution in [-0.2, 0) is 0 Å². The van der Waals surface area contributed by atoms with E-state index in [9.17, 15) is 4.79 Å². The number of amides is 1. The van der Waals surface area contributed by atoms with Crippen molar-refractivity contribution < 1.29 is 9.53 Å². The van der Waals surface area contributed by atoms with Crippen LogP contribution in [-0.4, -0.2) is 11.5 Å². The normalized spacial score (nSPS) is 18.4. The highest BCUT2D eigenvalue weighted by Crippen LogP contribution is 2.42. The Kier molecular flexibility index (Phi) is 5.13. The number of benzene rings is 2. The Balaban J connectivity index is 1.91. The van der Waals surface area contributed by atoms with E-state index in [1.54, 1.807) is 0 Å². The second-order valence-corrected chi connectivity index (χ2v) is 7.40. The van der Waals surface area contributed by atoms with Gasteiger partial charge in [-0.3, -0.25) is 4.79 Å². The molecule has 0 bridgehead atoms. The summed E-state index contributed by atoms with van der Waals surface area (Å²) in [5.41, 5.74) is 1.57. The van der Waals surface area contributed by atoms with Crippen molar-refractivity contribution in [2.24, 2.45) is 0 Å². The van der Waals surface area contributed by atoms with Gasteiger partial charge in [0.05, 0.1) is 11.6 Å². The summed E-state index contributed by atoms with van der Waals surface area (Å²) < 4.78 is 7.27. The summed E-state index contributed by atoms with van der Waals surface area (Å²) >= 11 is 2.21. The molecule has 3 rings (SSSR count). The lowest BCUT2D eigenvalue weighted by Crippen LogP contribution is -2.44. The minimum atomic E-state index is -0.212. The van der Waals surface area contributed by atoms with Crippen molar-refractivity contribution in [2.45, 2.75) is 44.8 Å². The van der Waals surface area contributed by atoms with Crippen LogP contribution < -0.4 is 10.1 Å². The highest BCUT2D eigenvalue weighted by molar-refractivity contribution is 14.1. The van der Waals surface area contributed by atoms with E-state index in [4.69, 9.17) is 4.74 Å². The third-order valence-corrected chi connectivity index (χ3v) is 5.85. The fraction of sp³-hybridized carbons (Fsp3) is 0.350. The molecule has 1 heterocycles. The Morgan fingerprint density at radius 3 is 2.54 bits per heavy atom. The number of hydrogen-bond acceptors (Lipinski definition) is 2. The molecule has 0 aliphatic carbocycles. The van der Waals surface area contributed by atoms with Crippen LogP contribution in [0.3, 0.4) is 0 Å². The van der Waals surface area contributed by atoms with E-state index in [0.29, 0.717) is 0 Å². The largest absolute Gasteiger partial charge is 0.487 e. The number of fused-ring (bicyclic) bond motifs is 1. The SMILES string of the molecule is CCC1(CC)C[C@@H](NC(=O)c2ccccc2I)c2ccccc2O1. The third kappa shape index (κ3) is 3.29. The van der Waals surface area contributed by atoms with Crippen molar-refractivity contribution in [3.8, 4) is 5.75 Å². The monoisotopic (exact) mass is 435 g/mol. The van der Waals surface area contributed by atoms with E-state index in [2.05, 4.69) is 41.8 Å². The highest BCUT2D eigenvalue weighted by atomic mass is 127. The quantitative estimate of drug-likeness (QED) is 0.679. The molecule has 2 aromatic rings. The van der Waals surface area contributed by atoms with E-state index in [-0.39, 0.29) is 17.6 Å². The molecule has 0 spiro atoms. The predicted molar refractivity (Wildman–Crippen MR) is 104 cm³/mol. The third-order valence-electron chi connectivity index (χ3n) is 4.91.